The van der Waals surface area contributed by atoms with E-state index in [-0.39, 0.29) is 10.2 Å². The summed E-state index contributed by atoms with van der Waals surface area (Å²) in [7, 11) is 0. The number of benzene rings is 1. The molecule has 0 atom stereocenters. The number of hydrogen-bond donors (Lipinski definition) is 1. The van der Waals surface area contributed by atoms with Gasteiger partial charge in [0.05, 0.1) is 4.91 Å². The first-order chi connectivity index (χ1) is 11.0. The Hall–Kier alpha value is -1.86. The molecule has 0 aliphatic carbocycles. The van der Waals surface area contributed by atoms with Crippen LogP contribution in [0.3, 0.4) is 0 Å². The van der Waals surface area contributed by atoms with Gasteiger partial charge in [0, 0.05) is 18.8 Å². The number of rotatable bonds is 4. The van der Waals surface area contributed by atoms with Crippen LogP contribution in [0.2, 0.25) is 0 Å². The third-order valence-electron chi connectivity index (χ3n) is 3.83. The average Bonchev–Trinajstić information content (AvgIpc) is 3.13. The Kier molecular flexibility index (Phi) is 4.68. The quantitative estimate of drug-likeness (QED) is 0.667. The third-order valence-corrected chi connectivity index (χ3v) is 5.21. The van der Waals surface area contributed by atoms with Crippen molar-refractivity contribution in [2.75, 3.05) is 24.5 Å². The Labute approximate surface area is 143 Å². The Morgan fingerprint density at radius 3 is 2.52 bits per heavy atom. The third kappa shape index (κ3) is 3.56. The molecule has 2 aliphatic heterocycles. The number of nitrogens with zero attached hydrogens (tertiary/aromatic N) is 2. The summed E-state index contributed by atoms with van der Waals surface area (Å²) in [6, 6.07) is 8.04. The van der Waals surface area contributed by atoms with E-state index in [0.29, 0.717) is 4.91 Å². The summed E-state index contributed by atoms with van der Waals surface area (Å²) in [5.74, 6) is -1.41. The number of carbonyl (C=O) groups excluding carboxylic acids is 1. The zero-order valence-corrected chi connectivity index (χ0v) is 14.0. The maximum Gasteiger partial charge on any atom is 0.323 e. The van der Waals surface area contributed by atoms with Gasteiger partial charge in [-0.25, -0.2) is 0 Å². The van der Waals surface area contributed by atoms with E-state index in [9.17, 15) is 9.59 Å². The monoisotopic (exact) mass is 348 g/mol. The molecule has 7 heteroatoms. The van der Waals surface area contributed by atoms with Gasteiger partial charge >= 0.3 is 5.97 Å². The normalized spacial score (nSPS) is 19.9. The highest BCUT2D eigenvalue weighted by Crippen LogP contribution is 2.32. The zero-order chi connectivity index (χ0) is 16.4. The van der Waals surface area contributed by atoms with Gasteiger partial charge in [0.2, 0.25) is 0 Å². The first-order valence-electron chi connectivity index (χ1n) is 7.37. The van der Waals surface area contributed by atoms with Crippen LogP contribution in [-0.4, -0.2) is 45.8 Å². The van der Waals surface area contributed by atoms with Crippen LogP contribution in [0.1, 0.15) is 18.4 Å². The Morgan fingerprint density at radius 2 is 1.91 bits per heavy atom. The summed E-state index contributed by atoms with van der Waals surface area (Å²) < 4.78 is 0.289. The number of aliphatic carboxylic acids is 1. The smallest absolute Gasteiger partial charge is 0.323 e. The molecule has 2 saturated heterocycles. The van der Waals surface area contributed by atoms with Gasteiger partial charge < -0.3 is 10.0 Å². The molecule has 0 spiro atoms. The highest BCUT2D eigenvalue weighted by atomic mass is 32.2. The molecule has 1 N–H and O–H groups in total. The van der Waals surface area contributed by atoms with Crippen molar-refractivity contribution in [1.82, 2.24) is 4.90 Å². The molecule has 2 heterocycles. The van der Waals surface area contributed by atoms with E-state index in [1.54, 1.807) is 6.08 Å². The molecule has 2 fully saturated rings. The maximum absolute atomic E-state index is 12.2. The fourth-order valence-electron chi connectivity index (χ4n) is 2.68. The number of amides is 1. The summed E-state index contributed by atoms with van der Waals surface area (Å²) in [4.78, 5) is 26.9. The molecule has 1 amide bonds. The predicted molar refractivity (Wildman–Crippen MR) is 95.4 cm³/mol. The average molecular weight is 348 g/mol. The van der Waals surface area contributed by atoms with Crippen LogP contribution in [0, 0.1) is 0 Å². The van der Waals surface area contributed by atoms with Crippen LogP contribution in [0.15, 0.2) is 29.2 Å². The first-order valence-corrected chi connectivity index (χ1v) is 8.59. The lowest BCUT2D eigenvalue weighted by Crippen LogP contribution is -2.33. The van der Waals surface area contributed by atoms with Crippen LogP contribution in [0.25, 0.3) is 6.08 Å². The van der Waals surface area contributed by atoms with E-state index >= 15 is 0 Å². The van der Waals surface area contributed by atoms with Crippen molar-refractivity contribution >= 4 is 51.9 Å². The molecule has 120 valence electrons. The number of anilines is 1. The molecule has 0 radical (unpaired) electrons. The van der Waals surface area contributed by atoms with E-state index in [2.05, 4.69) is 17.0 Å². The minimum Gasteiger partial charge on any atom is -0.480 e. The molecule has 0 aromatic heterocycles. The molecule has 1 aromatic carbocycles. The lowest BCUT2D eigenvalue weighted by Gasteiger charge is -2.17. The van der Waals surface area contributed by atoms with Crippen molar-refractivity contribution < 1.29 is 14.7 Å². The topological polar surface area (TPSA) is 60.9 Å². The SMILES string of the molecule is O=C(O)CN1C(=O)/C(=C\c2ccc(N3CCCC3)cc2)SC1=S. The van der Waals surface area contributed by atoms with E-state index in [1.165, 1.54) is 18.5 Å². The molecular weight excluding hydrogens is 332 g/mol. The summed E-state index contributed by atoms with van der Waals surface area (Å²) >= 11 is 6.22. The van der Waals surface area contributed by atoms with Gasteiger partial charge in [0.1, 0.15) is 10.9 Å². The second kappa shape index (κ2) is 6.72. The molecule has 0 bridgehead atoms. The molecule has 1 aromatic rings. The lowest BCUT2D eigenvalue weighted by molar-refractivity contribution is -0.140. The molecule has 0 saturated carbocycles. The van der Waals surface area contributed by atoms with Gasteiger partial charge in [0.15, 0.2) is 0 Å². The Bertz CT molecular complexity index is 679. The number of carbonyl (C=O) groups is 2. The van der Waals surface area contributed by atoms with Crippen molar-refractivity contribution in [3.05, 3.63) is 34.7 Å². The van der Waals surface area contributed by atoms with Gasteiger partial charge in [-0.1, -0.05) is 36.1 Å². The van der Waals surface area contributed by atoms with E-state index in [1.807, 2.05) is 12.1 Å². The highest BCUT2D eigenvalue weighted by Gasteiger charge is 2.33. The first kappa shape index (κ1) is 16.0. The van der Waals surface area contributed by atoms with Crippen LogP contribution in [0.5, 0.6) is 0 Å². The number of thiocarbonyl (C=S) groups is 1. The van der Waals surface area contributed by atoms with Crippen molar-refractivity contribution in [3.8, 4) is 0 Å². The minimum absolute atomic E-state index is 0.289. The molecule has 3 rings (SSSR count). The standard InChI is InChI=1S/C16H16N2O3S2/c19-14(20)10-18-15(21)13(23-16(18)22)9-11-3-5-12(6-4-11)17-7-1-2-8-17/h3-6,9H,1-2,7-8,10H2,(H,19,20)/b13-9+. The predicted octanol–water partition coefficient (Wildman–Crippen LogP) is 2.57. The fourth-order valence-corrected chi connectivity index (χ4v) is 3.93. The molecule has 0 unspecified atom stereocenters. The Balaban J connectivity index is 1.75. The minimum atomic E-state index is -1.07. The van der Waals surface area contributed by atoms with Crippen LogP contribution in [-0.2, 0) is 9.59 Å². The summed E-state index contributed by atoms with van der Waals surface area (Å²) in [6.45, 7) is 1.79. The highest BCUT2D eigenvalue weighted by molar-refractivity contribution is 8.26. The summed E-state index contributed by atoms with van der Waals surface area (Å²) in [5.41, 5.74) is 2.10. The summed E-state index contributed by atoms with van der Waals surface area (Å²) in [6.07, 6.45) is 4.22. The van der Waals surface area contributed by atoms with E-state index in [0.717, 1.165) is 35.3 Å². The van der Waals surface area contributed by atoms with Gasteiger partial charge in [-0.15, -0.1) is 0 Å². The van der Waals surface area contributed by atoms with E-state index < -0.39 is 12.5 Å². The van der Waals surface area contributed by atoms with Crippen molar-refractivity contribution in [2.24, 2.45) is 0 Å². The Morgan fingerprint density at radius 1 is 1.26 bits per heavy atom. The molecule has 2 aliphatic rings. The largest absolute Gasteiger partial charge is 0.480 e. The number of carboxylic acids is 1. The van der Waals surface area contributed by atoms with Crippen LogP contribution < -0.4 is 4.90 Å². The van der Waals surface area contributed by atoms with Gasteiger partial charge in [-0.2, -0.15) is 0 Å². The zero-order valence-electron chi connectivity index (χ0n) is 12.4. The van der Waals surface area contributed by atoms with Gasteiger partial charge in [0.25, 0.3) is 5.91 Å². The second-order valence-electron chi connectivity index (χ2n) is 5.45. The second-order valence-corrected chi connectivity index (χ2v) is 7.12. The van der Waals surface area contributed by atoms with Crippen molar-refractivity contribution in [3.63, 3.8) is 0 Å². The lowest BCUT2D eigenvalue weighted by atomic mass is 10.2. The number of hydrogen-bond acceptors (Lipinski definition) is 5. The molecular formula is C16H16N2O3S2. The van der Waals surface area contributed by atoms with Crippen LogP contribution in [0.4, 0.5) is 5.69 Å². The summed E-state index contributed by atoms with van der Waals surface area (Å²) in [5, 5.41) is 8.83. The van der Waals surface area contributed by atoms with Gasteiger partial charge in [-0.3, -0.25) is 14.5 Å². The van der Waals surface area contributed by atoms with Crippen molar-refractivity contribution in [1.29, 1.82) is 0 Å². The number of carboxylic acid groups (broad SMARTS) is 1. The van der Waals surface area contributed by atoms with Gasteiger partial charge in [-0.05, 0) is 36.6 Å². The van der Waals surface area contributed by atoms with Crippen molar-refractivity contribution in [2.45, 2.75) is 12.8 Å². The maximum atomic E-state index is 12.2. The van der Waals surface area contributed by atoms with Crippen LogP contribution >= 0.6 is 24.0 Å². The molecule has 5 nitrogen and oxygen atoms in total. The van der Waals surface area contributed by atoms with E-state index in [4.69, 9.17) is 17.3 Å². The number of thioether (sulfide) groups is 1. The molecule has 23 heavy (non-hydrogen) atoms. The fraction of sp³-hybridized carbons (Fsp3) is 0.312.